The van der Waals surface area contributed by atoms with E-state index in [4.69, 9.17) is 10.5 Å². The van der Waals surface area contributed by atoms with Gasteiger partial charge in [0.2, 0.25) is 5.78 Å². The van der Waals surface area contributed by atoms with Gasteiger partial charge in [-0.05, 0) is 29.0 Å². The van der Waals surface area contributed by atoms with E-state index in [0.29, 0.717) is 5.56 Å². The normalized spacial score (nSPS) is 11.6. The lowest BCUT2D eigenvalue weighted by molar-refractivity contribution is 0.0474. The summed E-state index contributed by atoms with van der Waals surface area (Å²) in [7, 11) is 1.28. The number of benzene rings is 1. The number of carbonyl (C=O) groups excluding carboxylic acids is 2. The Hall–Kier alpha value is -3.16. The highest BCUT2D eigenvalue weighted by Crippen LogP contribution is 2.22. The first-order valence-corrected chi connectivity index (χ1v) is 9.74. The summed E-state index contributed by atoms with van der Waals surface area (Å²) in [4.78, 5) is 49.7. The van der Waals surface area contributed by atoms with Crippen LogP contribution in [-0.2, 0) is 23.7 Å². The van der Waals surface area contributed by atoms with Gasteiger partial charge in [-0.2, -0.15) is 0 Å². The number of rotatable bonds is 6. The third-order valence-corrected chi connectivity index (χ3v) is 4.73. The van der Waals surface area contributed by atoms with Gasteiger partial charge in [-0.3, -0.25) is 18.7 Å². The van der Waals surface area contributed by atoms with Crippen LogP contribution in [0.4, 0.5) is 5.82 Å². The number of ether oxygens (including phenoxy) is 1. The van der Waals surface area contributed by atoms with Crippen LogP contribution in [0.15, 0.2) is 33.9 Å². The monoisotopic (exact) mass is 415 g/mol. The Morgan fingerprint density at radius 1 is 1.10 bits per heavy atom. The molecule has 0 unspecified atom stereocenters. The molecule has 30 heavy (non-hydrogen) atoms. The molecule has 0 fully saturated rings. The zero-order chi connectivity index (χ0) is 22.8. The summed E-state index contributed by atoms with van der Waals surface area (Å²) in [5.74, 6) is -1.59. The minimum atomic E-state index is -0.812. The van der Waals surface area contributed by atoms with Gasteiger partial charge in [0.1, 0.15) is 11.4 Å². The maximum atomic E-state index is 12.6. The Morgan fingerprint density at radius 2 is 1.67 bits per heavy atom. The Bertz CT molecular complexity index is 1070. The zero-order valence-corrected chi connectivity index (χ0v) is 18.3. The number of nitrogens with two attached hydrogens (primary N) is 1. The van der Waals surface area contributed by atoms with E-state index in [1.807, 2.05) is 26.0 Å². The summed E-state index contributed by atoms with van der Waals surface area (Å²) < 4.78 is 7.11. The molecule has 0 saturated carbocycles. The molecule has 0 aliphatic rings. The fraction of sp³-hybridized carbons (Fsp3) is 0.455. The van der Waals surface area contributed by atoms with Crippen LogP contribution in [0.25, 0.3) is 0 Å². The SMILES string of the molecule is CC(C)Cn1c(N)c(C(=O)COC(=O)c2ccc(C(C)(C)C)cc2)c(=O)n(C)c1=O. The number of nitrogens with zero attached hydrogens (tertiary/aromatic N) is 2. The number of aromatic nitrogens is 2. The summed E-state index contributed by atoms with van der Waals surface area (Å²) in [5.41, 5.74) is 5.49. The Morgan fingerprint density at radius 3 is 2.17 bits per heavy atom. The predicted molar refractivity (Wildman–Crippen MR) is 115 cm³/mol. The van der Waals surface area contributed by atoms with E-state index in [0.717, 1.165) is 10.1 Å². The van der Waals surface area contributed by atoms with Crippen molar-refractivity contribution in [3.63, 3.8) is 0 Å². The molecule has 0 saturated heterocycles. The second kappa shape index (κ2) is 8.69. The average Bonchev–Trinajstić information content (AvgIpc) is 2.67. The molecule has 1 heterocycles. The third-order valence-electron chi connectivity index (χ3n) is 4.73. The lowest BCUT2D eigenvalue weighted by Gasteiger charge is -2.19. The van der Waals surface area contributed by atoms with Crippen molar-refractivity contribution in [1.82, 2.24) is 9.13 Å². The van der Waals surface area contributed by atoms with Gasteiger partial charge in [0.15, 0.2) is 6.61 Å². The van der Waals surface area contributed by atoms with Crippen molar-refractivity contribution in [3.8, 4) is 0 Å². The van der Waals surface area contributed by atoms with Gasteiger partial charge in [-0.1, -0.05) is 46.8 Å². The largest absolute Gasteiger partial charge is 0.454 e. The summed E-state index contributed by atoms with van der Waals surface area (Å²) >= 11 is 0. The number of ketones is 1. The Balaban J connectivity index is 2.24. The number of hydrogen-bond donors (Lipinski definition) is 1. The number of esters is 1. The van der Waals surface area contributed by atoms with Crippen LogP contribution in [0.3, 0.4) is 0 Å². The first-order chi connectivity index (χ1) is 13.8. The van der Waals surface area contributed by atoms with Crippen LogP contribution >= 0.6 is 0 Å². The van der Waals surface area contributed by atoms with E-state index in [-0.39, 0.29) is 29.3 Å². The quantitative estimate of drug-likeness (QED) is 0.571. The van der Waals surface area contributed by atoms with Gasteiger partial charge < -0.3 is 10.5 Å². The van der Waals surface area contributed by atoms with Gasteiger partial charge in [0, 0.05) is 13.6 Å². The molecule has 0 spiro atoms. The molecular weight excluding hydrogens is 386 g/mol. The summed E-state index contributed by atoms with van der Waals surface area (Å²) in [6.07, 6.45) is 0. The van der Waals surface area contributed by atoms with Crippen molar-refractivity contribution < 1.29 is 14.3 Å². The first kappa shape index (κ1) is 23.1. The molecule has 2 N–H and O–H groups in total. The predicted octanol–water partition coefficient (Wildman–Crippen LogP) is 2.12. The van der Waals surface area contributed by atoms with Gasteiger partial charge >= 0.3 is 11.7 Å². The van der Waals surface area contributed by atoms with Crippen LogP contribution < -0.4 is 17.0 Å². The van der Waals surface area contributed by atoms with E-state index in [2.05, 4.69) is 20.8 Å². The topological polar surface area (TPSA) is 113 Å². The van der Waals surface area contributed by atoms with Crippen molar-refractivity contribution in [1.29, 1.82) is 0 Å². The Kier molecular flexibility index (Phi) is 6.70. The minimum Gasteiger partial charge on any atom is -0.454 e. The molecule has 0 bridgehead atoms. The van der Waals surface area contributed by atoms with Gasteiger partial charge in [-0.15, -0.1) is 0 Å². The minimum absolute atomic E-state index is 0.0604. The van der Waals surface area contributed by atoms with Crippen molar-refractivity contribution in [2.24, 2.45) is 13.0 Å². The van der Waals surface area contributed by atoms with Crippen molar-refractivity contribution in [3.05, 3.63) is 61.8 Å². The fourth-order valence-corrected chi connectivity index (χ4v) is 2.98. The van der Waals surface area contributed by atoms with Crippen molar-refractivity contribution >= 4 is 17.6 Å². The van der Waals surface area contributed by atoms with E-state index in [1.54, 1.807) is 12.1 Å². The average molecular weight is 415 g/mol. The molecule has 8 nitrogen and oxygen atoms in total. The third kappa shape index (κ3) is 4.87. The molecule has 2 rings (SSSR count). The number of nitrogen functional groups attached to an aromatic ring is 1. The number of carbonyl (C=O) groups is 2. The molecule has 8 heteroatoms. The first-order valence-electron chi connectivity index (χ1n) is 9.74. The number of Topliss-reactive ketones (excluding diaryl/α,β-unsaturated/α-hetero) is 1. The molecule has 162 valence electrons. The van der Waals surface area contributed by atoms with Crippen LogP contribution in [0.5, 0.6) is 0 Å². The molecule has 0 atom stereocenters. The van der Waals surface area contributed by atoms with Gasteiger partial charge in [0.25, 0.3) is 5.56 Å². The van der Waals surface area contributed by atoms with Gasteiger partial charge in [-0.25, -0.2) is 9.59 Å². The highest BCUT2D eigenvalue weighted by molar-refractivity contribution is 6.02. The molecule has 1 aromatic heterocycles. The Labute approximate surface area is 175 Å². The molecule has 0 amide bonds. The van der Waals surface area contributed by atoms with E-state index >= 15 is 0 Å². The van der Waals surface area contributed by atoms with Crippen LogP contribution in [-0.4, -0.2) is 27.5 Å². The summed E-state index contributed by atoms with van der Waals surface area (Å²) in [5, 5.41) is 0. The number of hydrogen-bond acceptors (Lipinski definition) is 6. The van der Waals surface area contributed by atoms with Crippen LogP contribution in [0, 0.1) is 5.92 Å². The molecule has 0 aliphatic carbocycles. The van der Waals surface area contributed by atoms with Crippen molar-refractivity contribution in [2.45, 2.75) is 46.6 Å². The highest BCUT2D eigenvalue weighted by atomic mass is 16.5. The summed E-state index contributed by atoms with van der Waals surface area (Å²) in [6, 6.07) is 6.91. The lowest BCUT2D eigenvalue weighted by atomic mass is 9.87. The van der Waals surface area contributed by atoms with Crippen LogP contribution in [0.1, 0.15) is 60.9 Å². The van der Waals surface area contributed by atoms with Crippen LogP contribution in [0.2, 0.25) is 0 Å². The van der Waals surface area contributed by atoms with Crippen molar-refractivity contribution in [2.75, 3.05) is 12.3 Å². The van der Waals surface area contributed by atoms with E-state index in [1.165, 1.54) is 11.6 Å². The second-order valence-corrected chi connectivity index (χ2v) is 8.74. The molecular formula is C22H29N3O5. The molecule has 1 aromatic carbocycles. The lowest BCUT2D eigenvalue weighted by Crippen LogP contribution is -2.43. The summed E-state index contributed by atoms with van der Waals surface area (Å²) in [6.45, 7) is 9.53. The van der Waals surface area contributed by atoms with E-state index in [9.17, 15) is 19.2 Å². The van der Waals surface area contributed by atoms with Gasteiger partial charge in [0.05, 0.1) is 5.56 Å². The fourth-order valence-electron chi connectivity index (χ4n) is 2.98. The molecule has 0 radical (unpaired) electrons. The highest BCUT2D eigenvalue weighted by Gasteiger charge is 2.23. The number of anilines is 1. The molecule has 0 aliphatic heterocycles. The smallest absolute Gasteiger partial charge is 0.338 e. The standard InChI is InChI=1S/C22H29N3O5/c1-13(2)11-25-18(23)17(19(27)24(6)21(25)29)16(26)12-30-20(28)14-7-9-15(10-8-14)22(3,4)5/h7-10,13H,11-12,23H2,1-6H3. The maximum absolute atomic E-state index is 12.6. The van der Waals surface area contributed by atoms with E-state index < -0.39 is 29.6 Å². The second-order valence-electron chi connectivity index (χ2n) is 8.74. The molecule has 2 aromatic rings. The maximum Gasteiger partial charge on any atom is 0.338 e. The zero-order valence-electron chi connectivity index (χ0n) is 18.3.